The van der Waals surface area contributed by atoms with Gasteiger partial charge in [-0.2, -0.15) is 0 Å². The van der Waals surface area contributed by atoms with E-state index in [1.165, 1.54) is 4.31 Å². The van der Waals surface area contributed by atoms with Crippen molar-refractivity contribution < 1.29 is 8.42 Å². The first-order valence-corrected chi connectivity index (χ1v) is 10.4. The average Bonchev–Trinajstić information content (AvgIpc) is 2.96. The molecule has 23 heavy (non-hydrogen) atoms. The molecule has 0 unspecified atom stereocenters. The van der Waals surface area contributed by atoms with Crippen molar-refractivity contribution in [3.8, 4) is 10.4 Å². The summed E-state index contributed by atoms with van der Waals surface area (Å²) in [7, 11) is -3.57. The molecule has 6 heteroatoms. The Bertz CT molecular complexity index is 981. The van der Waals surface area contributed by atoms with E-state index in [0.29, 0.717) is 11.4 Å². The van der Waals surface area contributed by atoms with Gasteiger partial charge in [0.15, 0.2) is 0 Å². The summed E-state index contributed by atoms with van der Waals surface area (Å²) in [4.78, 5) is 1.35. The molecule has 0 radical (unpaired) electrons. The first-order chi connectivity index (χ1) is 11.1. The molecule has 1 aliphatic rings. The average molecular weight is 453 g/mol. The summed E-state index contributed by atoms with van der Waals surface area (Å²) < 4.78 is 28.8. The van der Waals surface area contributed by atoms with Crippen LogP contribution in [0.15, 0.2) is 65.6 Å². The van der Waals surface area contributed by atoms with Gasteiger partial charge < -0.3 is 0 Å². The lowest BCUT2D eigenvalue weighted by Crippen LogP contribution is -2.32. The molecule has 0 N–H and O–H groups in total. The molecule has 116 valence electrons. The highest BCUT2D eigenvalue weighted by atomic mass is 127. The van der Waals surface area contributed by atoms with Crippen molar-refractivity contribution in [2.24, 2.45) is 0 Å². The number of rotatable bonds is 2. The maximum Gasteiger partial charge on any atom is 0.264 e. The van der Waals surface area contributed by atoms with Gasteiger partial charge in [-0.25, -0.2) is 8.42 Å². The summed E-state index contributed by atoms with van der Waals surface area (Å²) >= 11 is 3.88. The van der Waals surface area contributed by atoms with Crippen molar-refractivity contribution in [1.29, 1.82) is 0 Å². The molecule has 0 amide bonds. The number of fused-ring (bicyclic) bond motifs is 3. The third-order valence-electron chi connectivity index (χ3n) is 3.86. The number of anilines is 1. The summed E-state index contributed by atoms with van der Waals surface area (Å²) in [6, 6.07) is 18.6. The molecule has 2 heterocycles. The van der Waals surface area contributed by atoms with Crippen LogP contribution in [0, 0.1) is 2.88 Å². The van der Waals surface area contributed by atoms with Crippen molar-refractivity contribution in [3.63, 3.8) is 0 Å². The smallest absolute Gasteiger partial charge is 0.260 e. The van der Waals surface area contributed by atoms with E-state index >= 15 is 0 Å². The second-order valence-electron chi connectivity index (χ2n) is 5.25. The van der Waals surface area contributed by atoms with E-state index in [9.17, 15) is 8.42 Å². The van der Waals surface area contributed by atoms with Crippen LogP contribution in [0.4, 0.5) is 5.69 Å². The maximum atomic E-state index is 13.1. The van der Waals surface area contributed by atoms with Crippen LogP contribution in [0.5, 0.6) is 0 Å². The third-order valence-corrected chi connectivity index (χ3v) is 7.55. The molecule has 0 saturated carbocycles. The summed E-state index contributed by atoms with van der Waals surface area (Å²) in [5.41, 5.74) is 2.95. The molecular weight excluding hydrogens is 441 g/mol. The molecule has 0 spiro atoms. The number of benzene rings is 2. The van der Waals surface area contributed by atoms with Crippen LogP contribution in [0.25, 0.3) is 10.4 Å². The minimum absolute atomic E-state index is 0.325. The Morgan fingerprint density at radius 3 is 2.48 bits per heavy atom. The van der Waals surface area contributed by atoms with Crippen LogP contribution in [-0.4, -0.2) is 8.42 Å². The lowest BCUT2D eigenvalue weighted by molar-refractivity contribution is 0.590. The fourth-order valence-electron chi connectivity index (χ4n) is 2.78. The number of hydrogen-bond donors (Lipinski definition) is 0. The summed E-state index contributed by atoms with van der Waals surface area (Å²) in [5, 5.41) is 0. The minimum atomic E-state index is -3.57. The number of sulfonamides is 1. The van der Waals surface area contributed by atoms with Crippen LogP contribution in [0.2, 0.25) is 0 Å². The minimum Gasteiger partial charge on any atom is -0.260 e. The van der Waals surface area contributed by atoms with Gasteiger partial charge in [0.1, 0.15) is 0 Å². The predicted octanol–water partition coefficient (Wildman–Crippen LogP) is 4.73. The summed E-state index contributed by atoms with van der Waals surface area (Å²) in [5.74, 6) is 0. The van der Waals surface area contributed by atoms with E-state index in [4.69, 9.17) is 0 Å². The Morgan fingerprint density at radius 2 is 1.70 bits per heavy atom. The van der Waals surface area contributed by atoms with E-state index in [1.54, 1.807) is 35.6 Å². The first-order valence-electron chi connectivity index (χ1n) is 7.03. The number of halogens is 1. The van der Waals surface area contributed by atoms with E-state index in [0.717, 1.165) is 24.6 Å². The molecular formula is C17H12INO2S2. The fourth-order valence-corrected chi connectivity index (χ4v) is 6.21. The van der Waals surface area contributed by atoms with E-state index < -0.39 is 10.0 Å². The SMILES string of the molecule is O=S(=O)(c1ccccc1)N1Cc2ccccc2-c2sc(I)cc21. The van der Waals surface area contributed by atoms with Crippen LogP contribution in [0.1, 0.15) is 5.56 Å². The number of nitrogens with zero attached hydrogens (tertiary/aromatic N) is 1. The lowest BCUT2D eigenvalue weighted by Gasteiger charge is -2.29. The monoisotopic (exact) mass is 453 g/mol. The van der Waals surface area contributed by atoms with Crippen LogP contribution in [0.3, 0.4) is 0 Å². The predicted molar refractivity (Wildman–Crippen MR) is 102 cm³/mol. The molecule has 3 aromatic rings. The Morgan fingerprint density at radius 1 is 1.00 bits per heavy atom. The zero-order valence-corrected chi connectivity index (χ0v) is 15.7. The Balaban J connectivity index is 1.92. The molecule has 1 aliphatic heterocycles. The van der Waals surface area contributed by atoms with Crippen molar-refractivity contribution in [3.05, 3.63) is 69.1 Å². The number of hydrogen-bond acceptors (Lipinski definition) is 3. The highest BCUT2D eigenvalue weighted by Crippen LogP contribution is 2.46. The van der Waals surface area contributed by atoms with Gasteiger partial charge in [-0.05, 0) is 51.9 Å². The van der Waals surface area contributed by atoms with Crippen molar-refractivity contribution in [2.45, 2.75) is 11.4 Å². The van der Waals surface area contributed by atoms with E-state index in [2.05, 4.69) is 28.7 Å². The first kappa shape index (κ1) is 15.2. The van der Waals surface area contributed by atoms with Gasteiger partial charge >= 0.3 is 0 Å². The van der Waals surface area contributed by atoms with Crippen molar-refractivity contribution in [1.82, 2.24) is 0 Å². The lowest BCUT2D eigenvalue weighted by atomic mass is 10.0. The molecule has 0 bridgehead atoms. The van der Waals surface area contributed by atoms with Crippen LogP contribution in [-0.2, 0) is 16.6 Å². The van der Waals surface area contributed by atoms with Gasteiger partial charge in [0.25, 0.3) is 10.0 Å². The Kier molecular flexibility index (Phi) is 3.70. The molecule has 3 nitrogen and oxygen atoms in total. The van der Waals surface area contributed by atoms with Gasteiger partial charge in [0, 0.05) is 0 Å². The molecule has 4 rings (SSSR count). The molecule has 0 aliphatic carbocycles. The zero-order valence-electron chi connectivity index (χ0n) is 11.9. The Labute approximate surface area is 152 Å². The van der Waals surface area contributed by atoms with Crippen LogP contribution >= 0.6 is 33.9 Å². The van der Waals surface area contributed by atoms with Crippen molar-refractivity contribution in [2.75, 3.05) is 4.31 Å². The largest absolute Gasteiger partial charge is 0.264 e. The van der Waals surface area contributed by atoms with E-state index in [1.807, 2.05) is 30.3 Å². The summed E-state index contributed by atoms with van der Waals surface area (Å²) in [6.07, 6.45) is 0. The molecule has 2 aromatic carbocycles. The van der Waals surface area contributed by atoms with Gasteiger partial charge in [0.05, 0.1) is 24.9 Å². The maximum absolute atomic E-state index is 13.1. The Hall–Kier alpha value is -1.38. The molecule has 1 aromatic heterocycles. The van der Waals surface area contributed by atoms with Gasteiger partial charge in [0.2, 0.25) is 0 Å². The topological polar surface area (TPSA) is 37.4 Å². The van der Waals surface area contributed by atoms with Gasteiger partial charge in [-0.15, -0.1) is 11.3 Å². The third kappa shape index (κ3) is 2.49. The standard InChI is InChI=1S/C17H12INO2S2/c18-16-10-15-17(22-16)14-9-5-4-6-12(14)11-19(15)23(20,21)13-7-2-1-3-8-13/h1-10H,11H2. The molecule has 0 atom stereocenters. The zero-order chi connectivity index (χ0) is 16.0. The van der Waals surface area contributed by atoms with Crippen molar-refractivity contribution >= 4 is 49.6 Å². The normalized spacial score (nSPS) is 13.5. The second-order valence-corrected chi connectivity index (χ2v) is 10.1. The summed E-state index contributed by atoms with van der Waals surface area (Å²) in [6.45, 7) is 0.368. The highest BCUT2D eigenvalue weighted by molar-refractivity contribution is 14.1. The molecule has 0 fully saturated rings. The highest BCUT2D eigenvalue weighted by Gasteiger charge is 2.33. The van der Waals surface area contributed by atoms with E-state index in [-0.39, 0.29) is 0 Å². The second kappa shape index (κ2) is 5.61. The van der Waals surface area contributed by atoms with Crippen LogP contribution < -0.4 is 4.31 Å². The number of thiophene rings is 1. The fraction of sp³-hybridized carbons (Fsp3) is 0.0588. The molecule has 0 saturated heterocycles. The van der Waals surface area contributed by atoms with Gasteiger partial charge in [-0.1, -0.05) is 42.5 Å². The van der Waals surface area contributed by atoms with Gasteiger partial charge in [-0.3, -0.25) is 4.31 Å². The quantitative estimate of drug-likeness (QED) is 0.527.